The maximum absolute atomic E-state index is 13.7. The van der Waals surface area contributed by atoms with E-state index >= 15 is 0 Å². The first kappa shape index (κ1) is 20.5. The molecule has 1 aliphatic rings. The fourth-order valence-corrected chi connectivity index (χ4v) is 4.35. The Bertz CT molecular complexity index is 1280. The number of aryl methyl sites for hydroxylation is 2. The number of halogens is 1. The molecule has 3 aromatic heterocycles. The van der Waals surface area contributed by atoms with Crippen molar-refractivity contribution >= 4 is 34.4 Å². The molecular formula is C24H23ClN6O. The molecule has 0 unspecified atom stereocenters. The van der Waals surface area contributed by atoms with Gasteiger partial charge < -0.3 is 9.80 Å². The van der Waals surface area contributed by atoms with Gasteiger partial charge in [0.1, 0.15) is 5.82 Å². The highest BCUT2D eigenvalue weighted by Crippen LogP contribution is 2.28. The van der Waals surface area contributed by atoms with E-state index in [2.05, 4.69) is 15.0 Å². The number of fused-ring (bicyclic) bond motifs is 1. The van der Waals surface area contributed by atoms with E-state index < -0.39 is 0 Å². The van der Waals surface area contributed by atoms with Gasteiger partial charge in [0, 0.05) is 45.0 Å². The summed E-state index contributed by atoms with van der Waals surface area (Å²) in [6.45, 7) is 4.59. The minimum atomic E-state index is 0.00870. The van der Waals surface area contributed by atoms with E-state index in [0.29, 0.717) is 36.8 Å². The van der Waals surface area contributed by atoms with E-state index in [1.807, 2.05) is 67.4 Å². The number of aromatic nitrogens is 4. The first-order valence-corrected chi connectivity index (χ1v) is 10.9. The van der Waals surface area contributed by atoms with Gasteiger partial charge in [-0.05, 0) is 25.1 Å². The molecule has 0 atom stereocenters. The number of anilines is 1. The number of carbonyl (C=O) groups excluding carboxylic acids is 1. The molecular weight excluding hydrogens is 424 g/mol. The Hall–Kier alpha value is -3.45. The average molecular weight is 447 g/mol. The highest BCUT2D eigenvalue weighted by atomic mass is 35.5. The zero-order valence-corrected chi connectivity index (χ0v) is 18.8. The molecule has 0 spiro atoms. The fourth-order valence-electron chi connectivity index (χ4n) is 4.23. The molecule has 1 aliphatic heterocycles. The molecule has 0 saturated carbocycles. The largest absolute Gasteiger partial charge is 0.353 e. The maximum atomic E-state index is 13.7. The molecule has 0 radical (unpaired) electrons. The van der Waals surface area contributed by atoms with Gasteiger partial charge in [0.15, 0.2) is 5.65 Å². The number of carbonyl (C=O) groups is 1. The van der Waals surface area contributed by atoms with Crippen LogP contribution < -0.4 is 4.90 Å². The number of rotatable bonds is 3. The fraction of sp³-hybridized carbons (Fsp3) is 0.250. The Labute approximate surface area is 191 Å². The lowest BCUT2D eigenvalue weighted by Crippen LogP contribution is -2.49. The summed E-state index contributed by atoms with van der Waals surface area (Å²) in [4.78, 5) is 27.0. The summed E-state index contributed by atoms with van der Waals surface area (Å²) < 4.78 is 1.75. The molecule has 0 bridgehead atoms. The molecule has 0 aliphatic carbocycles. The number of pyridine rings is 2. The molecule has 162 valence electrons. The van der Waals surface area contributed by atoms with E-state index in [1.165, 1.54) is 0 Å². The Morgan fingerprint density at radius 2 is 1.78 bits per heavy atom. The van der Waals surface area contributed by atoms with Crippen molar-refractivity contribution in [2.24, 2.45) is 7.05 Å². The quantitative estimate of drug-likeness (QED) is 0.476. The second-order valence-corrected chi connectivity index (χ2v) is 8.38. The van der Waals surface area contributed by atoms with Crippen molar-refractivity contribution in [3.8, 4) is 11.3 Å². The van der Waals surface area contributed by atoms with Crippen LogP contribution in [0.2, 0.25) is 5.02 Å². The maximum Gasteiger partial charge on any atom is 0.254 e. The molecule has 4 heterocycles. The minimum Gasteiger partial charge on any atom is -0.353 e. The highest BCUT2D eigenvalue weighted by molar-refractivity contribution is 6.30. The van der Waals surface area contributed by atoms with Crippen LogP contribution in [0.15, 0.2) is 54.7 Å². The topological polar surface area (TPSA) is 67.2 Å². The van der Waals surface area contributed by atoms with E-state index in [4.69, 9.17) is 16.6 Å². The van der Waals surface area contributed by atoms with Gasteiger partial charge in [-0.1, -0.05) is 41.9 Å². The molecule has 32 heavy (non-hydrogen) atoms. The molecule has 1 fully saturated rings. The Morgan fingerprint density at radius 3 is 2.47 bits per heavy atom. The number of benzene rings is 1. The zero-order chi connectivity index (χ0) is 22.2. The van der Waals surface area contributed by atoms with E-state index in [-0.39, 0.29) is 5.91 Å². The van der Waals surface area contributed by atoms with Crippen LogP contribution in [0, 0.1) is 6.92 Å². The first-order valence-electron chi connectivity index (χ1n) is 10.6. The van der Waals surface area contributed by atoms with Crippen LogP contribution in [-0.4, -0.2) is 56.7 Å². The lowest BCUT2D eigenvalue weighted by atomic mass is 10.0. The standard InChI is InChI=1S/C24H23ClN6O/c1-16-22-19(14-20(17-6-4-3-5-7-17)27-23(22)29(2)28-16)24(32)31-12-10-30(11-13-31)21-9-8-18(25)15-26-21/h3-9,14-15H,10-13H2,1-2H3. The van der Waals surface area contributed by atoms with Crippen molar-refractivity contribution < 1.29 is 4.79 Å². The van der Waals surface area contributed by atoms with Crippen LogP contribution in [0.25, 0.3) is 22.3 Å². The molecule has 1 amide bonds. The molecule has 1 aromatic carbocycles. The van der Waals surface area contributed by atoms with Crippen LogP contribution >= 0.6 is 11.6 Å². The van der Waals surface area contributed by atoms with Gasteiger partial charge in [0.25, 0.3) is 5.91 Å². The Kier molecular flexibility index (Phi) is 5.27. The van der Waals surface area contributed by atoms with Crippen LogP contribution in [0.1, 0.15) is 16.1 Å². The predicted octanol–water partition coefficient (Wildman–Crippen LogP) is 3.95. The van der Waals surface area contributed by atoms with Gasteiger partial charge in [0.2, 0.25) is 0 Å². The zero-order valence-electron chi connectivity index (χ0n) is 18.0. The first-order chi connectivity index (χ1) is 15.5. The summed E-state index contributed by atoms with van der Waals surface area (Å²) >= 11 is 5.96. The predicted molar refractivity (Wildman–Crippen MR) is 126 cm³/mol. The lowest BCUT2D eigenvalue weighted by molar-refractivity contribution is 0.0748. The van der Waals surface area contributed by atoms with Gasteiger partial charge in [-0.15, -0.1) is 0 Å². The number of nitrogens with zero attached hydrogens (tertiary/aromatic N) is 6. The van der Waals surface area contributed by atoms with Crippen molar-refractivity contribution in [2.75, 3.05) is 31.1 Å². The van der Waals surface area contributed by atoms with E-state index in [9.17, 15) is 4.79 Å². The highest BCUT2D eigenvalue weighted by Gasteiger charge is 2.26. The third-order valence-corrected chi connectivity index (χ3v) is 6.09. The average Bonchev–Trinajstić information content (AvgIpc) is 3.12. The summed E-state index contributed by atoms with van der Waals surface area (Å²) in [5.74, 6) is 0.886. The normalized spacial score (nSPS) is 14.2. The molecule has 4 aromatic rings. The smallest absolute Gasteiger partial charge is 0.254 e. The van der Waals surface area contributed by atoms with Crippen LogP contribution in [0.3, 0.4) is 0 Å². The van der Waals surface area contributed by atoms with Crippen molar-refractivity contribution in [1.29, 1.82) is 0 Å². The third kappa shape index (κ3) is 3.69. The Balaban J connectivity index is 1.46. The van der Waals surface area contributed by atoms with Crippen molar-refractivity contribution in [1.82, 2.24) is 24.6 Å². The van der Waals surface area contributed by atoms with Gasteiger partial charge >= 0.3 is 0 Å². The lowest BCUT2D eigenvalue weighted by Gasteiger charge is -2.35. The van der Waals surface area contributed by atoms with Crippen molar-refractivity contribution in [3.63, 3.8) is 0 Å². The number of amides is 1. The van der Waals surface area contributed by atoms with Gasteiger partial charge in [-0.2, -0.15) is 5.10 Å². The summed E-state index contributed by atoms with van der Waals surface area (Å²) in [6, 6.07) is 15.6. The van der Waals surface area contributed by atoms with Crippen LogP contribution in [0.4, 0.5) is 5.82 Å². The van der Waals surface area contributed by atoms with Crippen LogP contribution in [-0.2, 0) is 7.05 Å². The van der Waals surface area contributed by atoms with Gasteiger partial charge in [0.05, 0.1) is 27.4 Å². The van der Waals surface area contributed by atoms with Crippen LogP contribution in [0.5, 0.6) is 0 Å². The third-order valence-electron chi connectivity index (χ3n) is 5.87. The monoisotopic (exact) mass is 446 g/mol. The minimum absolute atomic E-state index is 0.00870. The van der Waals surface area contributed by atoms with Crippen molar-refractivity contribution in [3.05, 3.63) is 71.0 Å². The molecule has 5 rings (SSSR count). The van der Waals surface area contributed by atoms with Gasteiger partial charge in [-0.3, -0.25) is 9.48 Å². The van der Waals surface area contributed by atoms with Crippen molar-refractivity contribution in [2.45, 2.75) is 6.92 Å². The number of hydrogen-bond donors (Lipinski definition) is 0. The summed E-state index contributed by atoms with van der Waals surface area (Å²) in [5, 5.41) is 5.96. The molecule has 1 saturated heterocycles. The molecule has 7 nitrogen and oxygen atoms in total. The summed E-state index contributed by atoms with van der Waals surface area (Å²) in [5.41, 5.74) is 3.92. The second kappa shape index (κ2) is 8.24. The second-order valence-electron chi connectivity index (χ2n) is 7.94. The van der Waals surface area contributed by atoms with E-state index in [1.54, 1.807) is 10.9 Å². The number of hydrogen-bond acceptors (Lipinski definition) is 5. The number of piperazine rings is 1. The SMILES string of the molecule is Cc1nn(C)c2nc(-c3ccccc3)cc(C(=O)N3CCN(c4ccc(Cl)cn4)CC3)c12. The van der Waals surface area contributed by atoms with E-state index in [0.717, 1.165) is 33.8 Å². The molecule has 8 heteroatoms. The Morgan fingerprint density at radius 1 is 1.03 bits per heavy atom. The summed E-state index contributed by atoms with van der Waals surface area (Å²) in [6.07, 6.45) is 1.65. The summed E-state index contributed by atoms with van der Waals surface area (Å²) in [7, 11) is 1.86. The molecule has 0 N–H and O–H groups in total. The van der Waals surface area contributed by atoms with Gasteiger partial charge in [-0.25, -0.2) is 9.97 Å².